The molecule has 3 nitrogen and oxygen atoms in total. The Balaban J connectivity index is 2.08. The molecule has 2 aromatic carbocycles. The predicted octanol–water partition coefficient (Wildman–Crippen LogP) is 4.72. The molecule has 0 unspecified atom stereocenters. The maximum Gasteiger partial charge on any atom is 0.303 e. The van der Waals surface area contributed by atoms with Gasteiger partial charge in [0.15, 0.2) is 0 Å². The monoisotopic (exact) mass is 319 g/mol. The van der Waals surface area contributed by atoms with Crippen LogP contribution in [0.2, 0.25) is 0 Å². The van der Waals surface area contributed by atoms with Gasteiger partial charge in [-0.3, -0.25) is 9.79 Å². The first-order valence-corrected chi connectivity index (χ1v) is 7.96. The Bertz CT molecular complexity index is 665. The number of allylic oxidation sites excluding steroid dienone is 2. The molecule has 1 N–H and O–H groups in total. The average Bonchev–Trinajstić information content (AvgIpc) is 2.62. The van der Waals surface area contributed by atoms with Crippen LogP contribution in [0.15, 0.2) is 77.8 Å². The fourth-order valence-electron chi connectivity index (χ4n) is 2.09. The molecular weight excluding hydrogens is 298 g/mol. The van der Waals surface area contributed by atoms with E-state index in [4.69, 9.17) is 5.11 Å². The summed E-state index contributed by atoms with van der Waals surface area (Å²) in [6, 6.07) is 20.0. The normalized spacial score (nSPS) is 11.0. The van der Waals surface area contributed by atoms with E-state index in [1.807, 2.05) is 85.0 Å². The summed E-state index contributed by atoms with van der Waals surface area (Å²) in [6.07, 6.45) is 8.60. The van der Waals surface area contributed by atoms with E-state index in [2.05, 4.69) is 4.99 Å². The second-order valence-corrected chi connectivity index (χ2v) is 5.29. The molecule has 0 aliphatic carbocycles. The zero-order valence-electron chi connectivity index (χ0n) is 13.5. The first-order valence-electron chi connectivity index (χ1n) is 7.96. The number of aliphatic imine (C=N–C) groups is 1. The number of carboxylic acids is 1. The third-order valence-electron chi connectivity index (χ3n) is 3.34. The van der Waals surface area contributed by atoms with Crippen molar-refractivity contribution in [3.63, 3.8) is 0 Å². The van der Waals surface area contributed by atoms with Gasteiger partial charge in [-0.2, -0.15) is 0 Å². The predicted molar refractivity (Wildman–Crippen MR) is 100 cm³/mol. The molecule has 0 spiro atoms. The van der Waals surface area contributed by atoms with Gasteiger partial charge < -0.3 is 5.11 Å². The summed E-state index contributed by atoms with van der Waals surface area (Å²) in [4.78, 5) is 15.1. The van der Waals surface area contributed by atoms with E-state index >= 15 is 0 Å². The Labute approximate surface area is 142 Å². The molecule has 2 aromatic rings. The topological polar surface area (TPSA) is 49.7 Å². The van der Waals surface area contributed by atoms with Gasteiger partial charge >= 0.3 is 5.97 Å². The minimum absolute atomic E-state index is 0.140. The summed E-state index contributed by atoms with van der Waals surface area (Å²) >= 11 is 0. The van der Waals surface area contributed by atoms with Crippen LogP contribution < -0.4 is 0 Å². The molecule has 122 valence electrons. The lowest BCUT2D eigenvalue weighted by atomic mass is 10.1. The standard InChI is InChI=1S/C21H21NO2/c23-21(24)12-7-17-22-20(15-13-18-8-3-1-4-9-18)16-14-19-10-5-2-6-11-19/h1-6,8-11,13-16H,7,12,17H2,(H,23,24)/b15-13+,16-14+. The van der Waals surface area contributed by atoms with Crippen LogP contribution in [-0.4, -0.2) is 23.3 Å². The lowest BCUT2D eigenvalue weighted by molar-refractivity contribution is -0.137. The molecule has 0 bridgehead atoms. The van der Waals surface area contributed by atoms with Gasteiger partial charge in [-0.15, -0.1) is 0 Å². The van der Waals surface area contributed by atoms with E-state index in [1.54, 1.807) is 0 Å². The van der Waals surface area contributed by atoms with Crippen molar-refractivity contribution in [2.45, 2.75) is 12.8 Å². The molecule has 0 atom stereocenters. The number of carboxylic acid groups (broad SMARTS) is 1. The van der Waals surface area contributed by atoms with Crippen molar-refractivity contribution in [1.29, 1.82) is 0 Å². The van der Waals surface area contributed by atoms with Gasteiger partial charge in [0.25, 0.3) is 0 Å². The van der Waals surface area contributed by atoms with Crippen LogP contribution in [0.5, 0.6) is 0 Å². The van der Waals surface area contributed by atoms with Crippen molar-refractivity contribution in [2.75, 3.05) is 6.54 Å². The van der Waals surface area contributed by atoms with E-state index in [-0.39, 0.29) is 6.42 Å². The third-order valence-corrected chi connectivity index (χ3v) is 3.34. The van der Waals surface area contributed by atoms with Gasteiger partial charge in [-0.25, -0.2) is 0 Å². The molecule has 3 heteroatoms. The van der Waals surface area contributed by atoms with Crippen molar-refractivity contribution in [1.82, 2.24) is 0 Å². The molecule has 0 saturated carbocycles. The van der Waals surface area contributed by atoms with Crippen LogP contribution >= 0.6 is 0 Å². The molecule has 0 fully saturated rings. The van der Waals surface area contributed by atoms with Gasteiger partial charge in [-0.05, 0) is 29.7 Å². The van der Waals surface area contributed by atoms with Gasteiger partial charge in [0.2, 0.25) is 0 Å². The van der Waals surface area contributed by atoms with Gasteiger partial charge in [0.05, 0.1) is 5.71 Å². The van der Waals surface area contributed by atoms with E-state index in [1.165, 1.54) is 0 Å². The minimum atomic E-state index is -0.786. The summed E-state index contributed by atoms with van der Waals surface area (Å²) in [7, 11) is 0. The number of nitrogens with zero attached hydrogens (tertiary/aromatic N) is 1. The highest BCUT2D eigenvalue weighted by Gasteiger charge is 1.96. The number of hydrogen-bond donors (Lipinski definition) is 1. The second kappa shape index (κ2) is 9.95. The molecule has 0 radical (unpaired) electrons. The van der Waals surface area contributed by atoms with Crippen LogP contribution in [0.25, 0.3) is 12.2 Å². The molecule has 0 aliphatic rings. The highest BCUT2D eigenvalue weighted by molar-refractivity contribution is 6.08. The summed E-state index contributed by atoms with van der Waals surface area (Å²) in [6.45, 7) is 0.500. The lowest BCUT2D eigenvalue weighted by Crippen LogP contribution is -1.97. The molecule has 24 heavy (non-hydrogen) atoms. The Morgan fingerprint density at radius 3 is 1.83 bits per heavy atom. The zero-order valence-corrected chi connectivity index (χ0v) is 13.5. The number of rotatable bonds is 8. The largest absolute Gasteiger partial charge is 0.481 e. The van der Waals surface area contributed by atoms with Crippen LogP contribution in [0.1, 0.15) is 24.0 Å². The first kappa shape index (κ1) is 17.4. The maximum absolute atomic E-state index is 10.6. The van der Waals surface area contributed by atoms with E-state index in [0.29, 0.717) is 13.0 Å². The number of aliphatic carboxylic acids is 1. The van der Waals surface area contributed by atoms with Gasteiger partial charge in [0.1, 0.15) is 0 Å². The van der Waals surface area contributed by atoms with Crippen LogP contribution in [0.4, 0.5) is 0 Å². The summed E-state index contributed by atoms with van der Waals surface area (Å²) < 4.78 is 0. The van der Waals surface area contributed by atoms with E-state index in [0.717, 1.165) is 16.8 Å². The fourth-order valence-corrected chi connectivity index (χ4v) is 2.09. The summed E-state index contributed by atoms with van der Waals surface area (Å²) in [5.74, 6) is -0.786. The van der Waals surface area contributed by atoms with Crippen molar-refractivity contribution in [2.24, 2.45) is 4.99 Å². The molecule has 0 saturated heterocycles. The molecule has 0 aliphatic heterocycles. The van der Waals surface area contributed by atoms with E-state index < -0.39 is 5.97 Å². The molecule has 0 amide bonds. The molecule has 0 aromatic heterocycles. The van der Waals surface area contributed by atoms with Crippen LogP contribution in [0.3, 0.4) is 0 Å². The Hall–Kier alpha value is -2.94. The fraction of sp³-hybridized carbons (Fsp3) is 0.143. The van der Waals surface area contributed by atoms with Crippen LogP contribution in [0, 0.1) is 0 Å². The smallest absolute Gasteiger partial charge is 0.303 e. The molecule has 0 heterocycles. The summed E-state index contributed by atoms with van der Waals surface area (Å²) in [5, 5.41) is 8.71. The van der Waals surface area contributed by atoms with E-state index in [9.17, 15) is 4.79 Å². The van der Waals surface area contributed by atoms with Gasteiger partial charge in [-0.1, -0.05) is 72.8 Å². The Kier molecular flexibility index (Phi) is 7.22. The quantitative estimate of drug-likeness (QED) is 0.565. The Morgan fingerprint density at radius 1 is 0.875 bits per heavy atom. The van der Waals surface area contributed by atoms with Crippen molar-refractivity contribution in [3.05, 3.63) is 83.9 Å². The average molecular weight is 319 g/mol. The molecular formula is C21H21NO2. The SMILES string of the molecule is O=C(O)CCCN=C(/C=C/c1ccccc1)/C=C/c1ccccc1. The lowest BCUT2D eigenvalue weighted by Gasteiger charge is -1.98. The minimum Gasteiger partial charge on any atom is -0.481 e. The van der Waals surface area contributed by atoms with Gasteiger partial charge in [0, 0.05) is 13.0 Å². The second-order valence-electron chi connectivity index (χ2n) is 5.29. The summed E-state index contributed by atoms with van der Waals surface area (Å²) in [5.41, 5.74) is 3.03. The molecule has 2 rings (SSSR count). The number of benzene rings is 2. The highest BCUT2D eigenvalue weighted by Crippen LogP contribution is 2.05. The van der Waals surface area contributed by atoms with Crippen LogP contribution in [-0.2, 0) is 4.79 Å². The van der Waals surface area contributed by atoms with Crippen molar-refractivity contribution < 1.29 is 9.90 Å². The first-order chi connectivity index (χ1) is 11.7. The number of hydrogen-bond acceptors (Lipinski definition) is 2. The Morgan fingerprint density at radius 2 is 1.38 bits per heavy atom. The number of carbonyl (C=O) groups is 1. The van der Waals surface area contributed by atoms with Crippen molar-refractivity contribution in [3.8, 4) is 0 Å². The van der Waals surface area contributed by atoms with Crippen molar-refractivity contribution >= 4 is 23.8 Å². The maximum atomic E-state index is 10.6. The zero-order chi connectivity index (χ0) is 17.0. The highest BCUT2D eigenvalue weighted by atomic mass is 16.4. The third kappa shape index (κ3) is 6.88.